The summed E-state index contributed by atoms with van der Waals surface area (Å²) in [4.78, 5) is 13.6. The zero-order valence-corrected chi connectivity index (χ0v) is 13.6. The SMILES string of the molecule is Cc1nc(Nc2nc(-c3ccccc3CO)nc3ccccc23)n[nH]1. The van der Waals surface area contributed by atoms with Crippen LogP contribution in [0.2, 0.25) is 0 Å². The zero-order chi connectivity index (χ0) is 17.2. The number of nitrogens with one attached hydrogen (secondary N) is 2. The highest BCUT2D eigenvalue weighted by molar-refractivity contribution is 5.91. The van der Waals surface area contributed by atoms with Crippen LogP contribution < -0.4 is 5.32 Å². The number of fused-ring (bicyclic) bond motifs is 1. The van der Waals surface area contributed by atoms with Crippen molar-refractivity contribution >= 4 is 22.7 Å². The Hall–Kier alpha value is -3.32. The molecule has 0 fully saturated rings. The summed E-state index contributed by atoms with van der Waals surface area (Å²) >= 11 is 0. The first-order chi connectivity index (χ1) is 12.2. The van der Waals surface area contributed by atoms with Crippen LogP contribution in [-0.2, 0) is 6.61 Å². The summed E-state index contributed by atoms with van der Waals surface area (Å²) in [6.45, 7) is 1.76. The number of para-hydroxylation sites is 1. The molecular weight excluding hydrogens is 316 g/mol. The van der Waals surface area contributed by atoms with Gasteiger partial charge in [0.2, 0.25) is 5.95 Å². The van der Waals surface area contributed by atoms with Gasteiger partial charge in [-0.3, -0.25) is 5.10 Å². The van der Waals surface area contributed by atoms with Crippen molar-refractivity contribution in [3.05, 3.63) is 59.9 Å². The maximum absolute atomic E-state index is 9.60. The van der Waals surface area contributed by atoms with Crippen LogP contribution in [0.15, 0.2) is 48.5 Å². The molecule has 4 rings (SSSR count). The number of aliphatic hydroxyl groups is 1. The Morgan fingerprint density at radius 1 is 1.00 bits per heavy atom. The minimum absolute atomic E-state index is 0.0742. The number of H-pyrrole nitrogens is 1. The third-order valence-corrected chi connectivity index (χ3v) is 3.86. The molecule has 0 unspecified atom stereocenters. The van der Waals surface area contributed by atoms with Gasteiger partial charge in [-0.15, -0.1) is 5.10 Å². The minimum atomic E-state index is -0.0742. The molecule has 0 aliphatic heterocycles. The van der Waals surface area contributed by atoms with Crippen molar-refractivity contribution in [2.24, 2.45) is 0 Å². The maximum Gasteiger partial charge on any atom is 0.247 e. The van der Waals surface area contributed by atoms with Gasteiger partial charge in [0, 0.05) is 10.9 Å². The summed E-state index contributed by atoms with van der Waals surface area (Å²) < 4.78 is 0. The molecule has 0 saturated carbocycles. The molecule has 2 aromatic carbocycles. The first kappa shape index (κ1) is 15.2. The number of hydrogen-bond donors (Lipinski definition) is 3. The highest BCUT2D eigenvalue weighted by atomic mass is 16.3. The predicted octanol–water partition coefficient (Wildman–Crippen LogP) is 2.96. The lowest BCUT2D eigenvalue weighted by Gasteiger charge is -2.11. The van der Waals surface area contributed by atoms with Gasteiger partial charge >= 0.3 is 0 Å². The number of aromatic amines is 1. The second-order valence-electron chi connectivity index (χ2n) is 5.60. The van der Waals surface area contributed by atoms with E-state index >= 15 is 0 Å². The van der Waals surface area contributed by atoms with Crippen LogP contribution in [0.4, 0.5) is 11.8 Å². The largest absolute Gasteiger partial charge is 0.392 e. The van der Waals surface area contributed by atoms with E-state index in [1.165, 1.54) is 0 Å². The lowest BCUT2D eigenvalue weighted by Crippen LogP contribution is -2.02. The molecule has 0 amide bonds. The molecule has 0 spiro atoms. The number of aliphatic hydroxyl groups excluding tert-OH is 1. The molecule has 0 aliphatic rings. The van der Waals surface area contributed by atoms with Crippen molar-refractivity contribution in [1.82, 2.24) is 25.1 Å². The number of benzene rings is 2. The van der Waals surface area contributed by atoms with Crippen molar-refractivity contribution in [2.75, 3.05) is 5.32 Å². The van der Waals surface area contributed by atoms with Gasteiger partial charge in [-0.2, -0.15) is 4.98 Å². The van der Waals surface area contributed by atoms with E-state index in [0.717, 1.165) is 22.0 Å². The molecule has 7 nitrogen and oxygen atoms in total. The van der Waals surface area contributed by atoms with E-state index in [9.17, 15) is 5.11 Å². The fourth-order valence-corrected chi connectivity index (χ4v) is 2.67. The van der Waals surface area contributed by atoms with E-state index in [2.05, 4.69) is 30.5 Å². The number of nitrogens with zero attached hydrogens (tertiary/aromatic N) is 4. The van der Waals surface area contributed by atoms with Crippen LogP contribution in [0.25, 0.3) is 22.3 Å². The summed E-state index contributed by atoms with van der Waals surface area (Å²) in [6, 6.07) is 15.3. The summed E-state index contributed by atoms with van der Waals surface area (Å²) in [5.74, 6) is 2.32. The van der Waals surface area contributed by atoms with E-state index in [1.54, 1.807) is 0 Å². The van der Waals surface area contributed by atoms with Gasteiger partial charge in [0.05, 0.1) is 12.1 Å². The quantitative estimate of drug-likeness (QED) is 0.531. The topological polar surface area (TPSA) is 99.6 Å². The summed E-state index contributed by atoms with van der Waals surface area (Å²) in [7, 11) is 0. The fraction of sp³-hybridized carbons (Fsp3) is 0.111. The number of hydrogen-bond acceptors (Lipinski definition) is 6. The van der Waals surface area contributed by atoms with Gasteiger partial charge in [0.15, 0.2) is 5.82 Å². The highest BCUT2D eigenvalue weighted by Gasteiger charge is 2.13. The van der Waals surface area contributed by atoms with Crippen LogP contribution in [-0.4, -0.2) is 30.3 Å². The van der Waals surface area contributed by atoms with Crippen molar-refractivity contribution in [2.45, 2.75) is 13.5 Å². The lowest BCUT2D eigenvalue weighted by atomic mass is 10.1. The van der Waals surface area contributed by atoms with Gasteiger partial charge in [-0.05, 0) is 24.6 Å². The zero-order valence-electron chi connectivity index (χ0n) is 13.6. The Kier molecular flexibility index (Phi) is 3.83. The first-order valence-corrected chi connectivity index (χ1v) is 7.86. The van der Waals surface area contributed by atoms with Gasteiger partial charge in [0.25, 0.3) is 0 Å². The number of rotatable bonds is 4. The van der Waals surface area contributed by atoms with E-state index in [1.807, 2.05) is 55.5 Å². The van der Waals surface area contributed by atoms with Crippen molar-refractivity contribution in [3.63, 3.8) is 0 Å². The lowest BCUT2D eigenvalue weighted by molar-refractivity contribution is 0.282. The Morgan fingerprint density at radius 2 is 1.80 bits per heavy atom. The predicted molar refractivity (Wildman–Crippen MR) is 95.3 cm³/mol. The van der Waals surface area contributed by atoms with E-state index < -0.39 is 0 Å². The molecular formula is C18H16N6O. The summed E-state index contributed by atoms with van der Waals surface area (Å²) in [5, 5.41) is 20.5. The third-order valence-electron chi connectivity index (χ3n) is 3.86. The van der Waals surface area contributed by atoms with Crippen LogP contribution in [0, 0.1) is 6.92 Å². The molecule has 25 heavy (non-hydrogen) atoms. The fourth-order valence-electron chi connectivity index (χ4n) is 2.67. The van der Waals surface area contributed by atoms with Crippen LogP contribution >= 0.6 is 0 Å². The Labute approximate surface area is 143 Å². The van der Waals surface area contributed by atoms with Crippen molar-refractivity contribution in [3.8, 4) is 11.4 Å². The number of anilines is 2. The van der Waals surface area contributed by atoms with E-state index in [-0.39, 0.29) is 6.61 Å². The number of aryl methyl sites for hydroxylation is 1. The second-order valence-corrected chi connectivity index (χ2v) is 5.60. The molecule has 3 N–H and O–H groups in total. The summed E-state index contributed by atoms with van der Waals surface area (Å²) in [6.07, 6.45) is 0. The average Bonchev–Trinajstić information content (AvgIpc) is 3.06. The van der Waals surface area contributed by atoms with Gasteiger partial charge < -0.3 is 10.4 Å². The van der Waals surface area contributed by atoms with Gasteiger partial charge in [-0.1, -0.05) is 36.4 Å². The monoisotopic (exact) mass is 332 g/mol. The molecule has 124 valence electrons. The standard InChI is InChI=1S/C18H16N6O/c1-11-19-18(24-23-11)22-17-14-8-4-5-9-15(14)20-16(21-17)13-7-3-2-6-12(13)10-25/h2-9,25H,10H2,1H3,(H2,19,20,21,22,23,24). The summed E-state index contributed by atoms with van der Waals surface area (Å²) in [5.41, 5.74) is 2.37. The molecule has 7 heteroatoms. The Balaban J connectivity index is 1.89. The van der Waals surface area contributed by atoms with Gasteiger partial charge in [0.1, 0.15) is 11.6 Å². The maximum atomic E-state index is 9.60. The first-order valence-electron chi connectivity index (χ1n) is 7.86. The van der Waals surface area contributed by atoms with Crippen LogP contribution in [0.3, 0.4) is 0 Å². The van der Waals surface area contributed by atoms with E-state index in [4.69, 9.17) is 0 Å². The third kappa shape index (κ3) is 2.92. The van der Waals surface area contributed by atoms with E-state index in [0.29, 0.717) is 23.4 Å². The normalized spacial score (nSPS) is 11.0. The average molecular weight is 332 g/mol. The van der Waals surface area contributed by atoms with Crippen LogP contribution in [0.5, 0.6) is 0 Å². The smallest absolute Gasteiger partial charge is 0.247 e. The molecule has 0 atom stereocenters. The molecule has 0 aliphatic carbocycles. The second kappa shape index (κ2) is 6.29. The molecule has 0 radical (unpaired) electrons. The van der Waals surface area contributed by atoms with Crippen LogP contribution in [0.1, 0.15) is 11.4 Å². The minimum Gasteiger partial charge on any atom is -0.392 e. The molecule has 2 heterocycles. The highest BCUT2D eigenvalue weighted by Crippen LogP contribution is 2.28. The Morgan fingerprint density at radius 3 is 2.60 bits per heavy atom. The van der Waals surface area contributed by atoms with Crippen molar-refractivity contribution < 1.29 is 5.11 Å². The van der Waals surface area contributed by atoms with Gasteiger partial charge in [-0.25, -0.2) is 9.97 Å². The molecule has 2 aromatic heterocycles. The molecule has 0 saturated heterocycles. The number of aromatic nitrogens is 5. The Bertz CT molecular complexity index is 1040. The molecule has 0 bridgehead atoms. The molecule has 4 aromatic rings. The van der Waals surface area contributed by atoms with Crippen molar-refractivity contribution in [1.29, 1.82) is 0 Å².